The van der Waals surface area contributed by atoms with Crippen molar-refractivity contribution in [3.8, 4) is 5.75 Å². The van der Waals surface area contributed by atoms with E-state index in [1.807, 2.05) is 13.8 Å². The van der Waals surface area contributed by atoms with Crippen molar-refractivity contribution in [1.82, 2.24) is 5.32 Å². The summed E-state index contributed by atoms with van der Waals surface area (Å²) in [7, 11) is 0. The second kappa shape index (κ2) is 6.05. The number of amides is 1. The van der Waals surface area contributed by atoms with Gasteiger partial charge in [-0.25, -0.2) is 4.39 Å². The summed E-state index contributed by atoms with van der Waals surface area (Å²) in [6, 6.07) is 3.46. The third-order valence-corrected chi connectivity index (χ3v) is 3.23. The molecule has 0 saturated heterocycles. The second-order valence-corrected chi connectivity index (χ2v) is 4.85. The summed E-state index contributed by atoms with van der Waals surface area (Å²) in [6.07, 6.45) is 1.31. The van der Waals surface area contributed by atoms with Gasteiger partial charge in [-0.05, 0) is 31.9 Å². The molecule has 0 aromatic heterocycles. The van der Waals surface area contributed by atoms with Crippen LogP contribution in [0.4, 0.5) is 4.39 Å². The molecule has 100 valence electrons. The third-order valence-electron chi connectivity index (χ3n) is 3.04. The summed E-state index contributed by atoms with van der Waals surface area (Å²) in [5.74, 6) is -1.02. The molecule has 0 bridgehead atoms. The van der Waals surface area contributed by atoms with E-state index in [-0.39, 0.29) is 11.3 Å². The van der Waals surface area contributed by atoms with Gasteiger partial charge in [0, 0.05) is 17.5 Å². The molecule has 3 nitrogen and oxygen atoms in total. The molecule has 1 rings (SSSR count). The molecule has 1 unspecified atom stereocenters. The van der Waals surface area contributed by atoms with E-state index in [2.05, 4.69) is 5.32 Å². The van der Waals surface area contributed by atoms with Gasteiger partial charge in [-0.3, -0.25) is 4.79 Å². The van der Waals surface area contributed by atoms with Crippen molar-refractivity contribution in [2.24, 2.45) is 0 Å². The second-order valence-electron chi connectivity index (χ2n) is 4.47. The first-order valence-electron chi connectivity index (χ1n) is 5.79. The maximum Gasteiger partial charge on any atom is 0.254 e. The highest BCUT2D eigenvalue weighted by Gasteiger charge is 2.25. The lowest BCUT2D eigenvalue weighted by molar-refractivity contribution is 0.0897. The molecule has 2 N–H and O–H groups in total. The minimum Gasteiger partial charge on any atom is -0.508 e. The van der Waals surface area contributed by atoms with Crippen molar-refractivity contribution >= 4 is 17.5 Å². The van der Waals surface area contributed by atoms with Crippen LogP contribution in [0, 0.1) is 5.82 Å². The number of carbonyl (C=O) groups excluding carboxylic acids is 1. The summed E-state index contributed by atoms with van der Waals surface area (Å²) in [6.45, 7) is 3.80. The predicted molar refractivity (Wildman–Crippen MR) is 69.6 cm³/mol. The molecule has 0 aliphatic heterocycles. The van der Waals surface area contributed by atoms with Crippen molar-refractivity contribution < 1.29 is 14.3 Å². The van der Waals surface area contributed by atoms with E-state index < -0.39 is 17.3 Å². The Kier molecular flexibility index (Phi) is 4.96. The maximum atomic E-state index is 13.5. The SMILES string of the molecule is CCC(C)(CCCl)NC(=O)c1ccc(O)cc1F. The molecule has 1 atom stereocenters. The first-order valence-corrected chi connectivity index (χ1v) is 6.32. The number of carbonyl (C=O) groups is 1. The summed E-state index contributed by atoms with van der Waals surface area (Å²) in [4.78, 5) is 12.0. The van der Waals surface area contributed by atoms with E-state index in [4.69, 9.17) is 16.7 Å². The fraction of sp³-hybridized carbons (Fsp3) is 0.462. The molecular weight excluding hydrogens is 257 g/mol. The highest BCUT2D eigenvalue weighted by atomic mass is 35.5. The molecule has 0 heterocycles. The first-order chi connectivity index (χ1) is 8.41. The standard InChI is InChI=1S/C13H17ClFNO2/c1-3-13(2,6-7-14)16-12(18)10-5-4-9(17)8-11(10)15/h4-5,8,17H,3,6-7H2,1-2H3,(H,16,18). The summed E-state index contributed by atoms with van der Waals surface area (Å²) < 4.78 is 13.5. The van der Waals surface area contributed by atoms with Crippen LogP contribution in [-0.2, 0) is 0 Å². The van der Waals surface area contributed by atoms with Gasteiger partial charge < -0.3 is 10.4 Å². The van der Waals surface area contributed by atoms with Gasteiger partial charge in [-0.2, -0.15) is 0 Å². The molecule has 5 heteroatoms. The quantitative estimate of drug-likeness (QED) is 0.810. The van der Waals surface area contributed by atoms with Gasteiger partial charge >= 0.3 is 0 Å². The molecule has 0 aliphatic carbocycles. The smallest absolute Gasteiger partial charge is 0.254 e. The molecule has 0 fully saturated rings. The van der Waals surface area contributed by atoms with Crippen LogP contribution < -0.4 is 5.32 Å². The molecule has 0 aliphatic rings. The van der Waals surface area contributed by atoms with Crippen molar-refractivity contribution in [3.05, 3.63) is 29.6 Å². The van der Waals surface area contributed by atoms with Gasteiger partial charge in [-0.15, -0.1) is 11.6 Å². The molecule has 18 heavy (non-hydrogen) atoms. The number of phenolic OH excluding ortho intramolecular Hbond substituents is 1. The van der Waals surface area contributed by atoms with Gasteiger partial charge in [0.25, 0.3) is 5.91 Å². The minimum absolute atomic E-state index is 0.0814. The van der Waals surface area contributed by atoms with Crippen LogP contribution in [0.5, 0.6) is 5.75 Å². The average molecular weight is 274 g/mol. The number of hydrogen-bond acceptors (Lipinski definition) is 2. The Bertz CT molecular complexity index is 439. The topological polar surface area (TPSA) is 49.3 Å². The van der Waals surface area contributed by atoms with E-state index in [1.54, 1.807) is 0 Å². The lowest BCUT2D eigenvalue weighted by Crippen LogP contribution is -2.46. The molecule has 1 aromatic rings. The maximum absolute atomic E-state index is 13.5. The fourth-order valence-corrected chi connectivity index (χ4v) is 1.98. The van der Waals surface area contributed by atoms with Gasteiger partial charge in [0.1, 0.15) is 11.6 Å². The number of hydrogen-bond donors (Lipinski definition) is 2. The molecule has 1 amide bonds. The van der Waals surface area contributed by atoms with Crippen molar-refractivity contribution in [2.75, 3.05) is 5.88 Å². The third kappa shape index (κ3) is 3.60. The van der Waals surface area contributed by atoms with Crippen LogP contribution in [0.15, 0.2) is 18.2 Å². The Morgan fingerprint density at radius 1 is 1.56 bits per heavy atom. The van der Waals surface area contributed by atoms with E-state index in [0.29, 0.717) is 18.7 Å². The van der Waals surface area contributed by atoms with Crippen LogP contribution in [0.25, 0.3) is 0 Å². The Labute approximate surface area is 111 Å². The van der Waals surface area contributed by atoms with E-state index in [0.717, 1.165) is 6.07 Å². The lowest BCUT2D eigenvalue weighted by Gasteiger charge is -2.29. The number of alkyl halides is 1. The van der Waals surface area contributed by atoms with Crippen molar-refractivity contribution in [3.63, 3.8) is 0 Å². The van der Waals surface area contributed by atoms with Crippen LogP contribution in [-0.4, -0.2) is 22.4 Å². The zero-order valence-electron chi connectivity index (χ0n) is 10.5. The number of halogens is 2. The zero-order valence-corrected chi connectivity index (χ0v) is 11.2. The van der Waals surface area contributed by atoms with E-state index in [1.165, 1.54) is 12.1 Å². The average Bonchev–Trinajstić information content (AvgIpc) is 2.28. The highest BCUT2D eigenvalue weighted by Crippen LogP contribution is 2.19. The van der Waals surface area contributed by atoms with Crippen LogP contribution in [0.3, 0.4) is 0 Å². The van der Waals surface area contributed by atoms with Crippen LogP contribution in [0.1, 0.15) is 37.0 Å². The normalized spacial score (nSPS) is 14.0. The van der Waals surface area contributed by atoms with Crippen LogP contribution in [0.2, 0.25) is 0 Å². The monoisotopic (exact) mass is 273 g/mol. The summed E-state index contributed by atoms with van der Waals surface area (Å²) >= 11 is 5.69. The van der Waals surface area contributed by atoms with Gasteiger partial charge in [-0.1, -0.05) is 6.92 Å². The Morgan fingerprint density at radius 2 is 2.22 bits per heavy atom. The molecule has 1 aromatic carbocycles. The minimum atomic E-state index is -0.739. The summed E-state index contributed by atoms with van der Waals surface area (Å²) in [5, 5.41) is 11.9. The number of rotatable bonds is 5. The number of benzene rings is 1. The Hall–Kier alpha value is -1.29. The lowest BCUT2D eigenvalue weighted by atomic mass is 9.95. The van der Waals surface area contributed by atoms with E-state index in [9.17, 15) is 9.18 Å². The van der Waals surface area contributed by atoms with Gasteiger partial charge in [0.2, 0.25) is 0 Å². The first kappa shape index (κ1) is 14.8. The number of nitrogens with one attached hydrogen (secondary N) is 1. The van der Waals surface area contributed by atoms with Crippen molar-refractivity contribution in [2.45, 2.75) is 32.2 Å². The fourth-order valence-electron chi connectivity index (χ4n) is 1.57. The number of aromatic hydroxyl groups is 1. The largest absolute Gasteiger partial charge is 0.508 e. The molecule has 0 saturated carbocycles. The van der Waals surface area contributed by atoms with Crippen LogP contribution >= 0.6 is 11.6 Å². The van der Waals surface area contributed by atoms with E-state index >= 15 is 0 Å². The predicted octanol–water partition coefficient (Wildman–Crippen LogP) is 3.06. The van der Waals surface area contributed by atoms with Gasteiger partial charge in [0.05, 0.1) is 5.56 Å². The highest BCUT2D eigenvalue weighted by molar-refractivity contribution is 6.17. The summed E-state index contributed by atoms with van der Waals surface area (Å²) in [5.41, 5.74) is -0.537. The Morgan fingerprint density at radius 3 is 2.72 bits per heavy atom. The Balaban J connectivity index is 2.87. The van der Waals surface area contributed by atoms with Crippen molar-refractivity contribution in [1.29, 1.82) is 0 Å². The molecule has 0 radical (unpaired) electrons. The molecular formula is C13H17ClFNO2. The molecule has 0 spiro atoms. The zero-order chi connectivity index (χ0) is 13.8. The number of phenols is 1. The van der Waals surface area contributed by atoms with Gasteiger partial charge in [0.15, 0.2) is 0 Å².